The Morgan fingerprint density at radius 1 is 0.718 bits per heavy atom. The molecule has 3 atom stereocenters. The van der Waals surface area contributed by atoms with Crippen LogP contribution in [0.15, 0.2) is 131 Å². The molecule has 103 heavy (non-hydrogen) atoms. The summed E-state index contributed by atoms with van der Waals surface area (Å²) in [6.45, 7) is 14.3. The molecule has 7 rings (SSSR count). The largest absolute Gasteiger partial charge is 0.494 e. The minimum absolute atomic E-state index is 0.00533. The summed E-state index contributed by atoms with van der Waals surface area (Å²) >= 11 is 6.59. The second-order valence-corrected chi connectivity index (χ2v) is 31.1. The number of carbonyl (C=O) groups is 5. The lowest BCUT2D eigenvalue weighted by molar-refractivity contribution is -0.401. The first kappa shape index (κ1) is 81.4. The molecule has 0 bridgehead atoms. The molecule has 0 saturated heterocycles. The molecule has 2 unspecified atom stereocenters. The predicted octanol–water partition coefficient (Wildman–Crippen LogP) is 9.41. The number of fused-ring (bicyclic) bond motifs is 2. The summed E-state index contributed by atoms with van der Waals surface area (Å²) in [5.74, 6) is -3.73. The smallest absolute Gasteiger partial charge is 0.319 e. The van der Waals surface area contributed by atoms with E-state index in [1.54, 1.807) is 69.3 Å². The van der Waals surface area contributed by atoms with Gasteiger partial charge < -0.3 is 55.4 Å². The van der Waals surface area contributed by atoms with Crippen LogP contribution in [-0.4, -0.2) is 152 Å². The van der Waals surface area contributed by atoms with Crippen molar-refractivity contribution in [1.82, 2.24) is 25.8 Å². The van der Waals surface area contributed by atoms with E-state index in [1.165, 1.54) is 34.0 Å². The van der Waals surface area contributed by atoms with Crippen molar-refractivity contribution in [2.75, 3.05) is 63.3 Å². The maximum atomic E-state index is 14.4. The summed E-state index contributed by atoms with van der Waals surface area (Å²) in [6, 6.07) is 20.4. The van der Waals surface area contributed by atoms with Crippen LogP contribution in [0.5, 0.6) is 17.2 Å². The highest BCUT2D eigenvalue weighted by molar-refractivity contribution is 7.87. The molecule has 4 aromatic carbocycles. The van der Waals surface area contributed by atoms with Gasteiger partial charge in [0.1, 0.15) is 18.5 Å². The summed E-state index contributed by atoms with van der Waals surface area (Å²) in [5, 5.41) is 17.3. The number of aryl methyl sites for hydroxylation is 2. The Kier molecular flexibility index (Phi) is 28.1. The van der Waals surface area contributed by atoms with E-state index in [9.17, 15) is 72.8 Å². The number of unbranched alkanes of at least 4 members (excludes halogenated alkanes) is 5. The van der Waals surface area contributed by atoms with Gasteiger partial charge in [0.2, 0.25) is 23.4 Å². The summed E-state index contributed by atoms with van der Waals surface area (Å²) in [4.78, 5) is 81.5. The first-order valence-electron chi connectivity index (χ1n) is 33.7. The molecular weight excluding hydrogens is 1410 g/mol. The third kappa shape index (κ3) is 21.4. The van der Waals surface area contributed by atoms with E-state index in [2.05, 4.69) is 70.9 Å². The number of anilines is 2. The highest BCUT2D eigenvalue weighted by Crippen LogP contribution is 2.49. The topological polar surface area (TPSA) is 385 Å². The third-order valence-corrected chi connectivity index (χ3v) is 21.2. The second kappa shape index (κ2) is 35.5. The zero-order chi connectivity index (χ0) is 75.8. The number of ether oxygens (including phenoxy) is 3. The SMILES string of the molecule is CCOc1cccc([C@H](CC(=O)O)NC(=O)Nc2c(OCCCCCCNC(=O)C(CNC(=O)C(CNC(=O)CCCCCN3C(=CC=CC=CC4=[N+](C)c5ccc(C)cc5C4(C)C)C(C)(C)c4cc(S(=O)(=O)O)ccc43)S(=O)(=O)O)S(=O)(=O)O)c(C)cn(Cc3c(Cl)cccc3OCC)c2=O)c1. The number of urea groups is 1. The number of allylic oxidation sites excluding steroid dienone is 6. The molecule has 0 radical (unpaired) electrons. The molecule has 27 nitrogen and oxygen atoms in total. The maximum absolute atomic E-state index is 14.4. The molecule has 1 aromatic heterocycles. The molecule has 558 valence electrons. The Hall–Kier alpha value is -8.91. The summed E-state index contributed by atoms with van der Waals surface area (Å²) in [7, 11) is -13.0. The first-order chi connectivity index (χ1) is 48.5. The Labute approximate surface area is 606 Å². The van der Waals surface area contributed by atoms with E-state index in [0.29, 0.717) is 90.6 Å². The number of amides is 5. The van der Waals surface area contributed by atoms with Gasteiger partial charge in [0, 0.05) is 89.5 Å². The summed E-state index contributed by atoms with van der Waals surface area (Å²) in [6.07, 6.45) is 13.4. The molecule has 0 saturated carbocycles. The lowest BCUT2D eigenvalue weighted by Gasteiger charge is -2.27. The molecule has 9 N–H and O–H groups in total. The van der Waals surface area contributed by atoms with Crippen LogP contribution in [0, 0.1) is 13.8 Å². The lowest BCUT2D eigenvalue weighted by atomic mass is 9.81. The van der Waals surface area contributed by atoms with Crippen LogP contribution in [0.2, 0.25) is 5.02 Å². The van der Waals surface area contributed by atoms with Crippen molar-refractivity contribution in [3.63, 3.8) is 0 Å². The van der Waals surface area contributed by atoms with Gasteiger partial charge in [0.05, 0.1) is 49.1 Å². The Bertz CT molecular complexity index is 4530. The fourth-order valence-electron chi connectivity index (χ4n) is 12.5. The van der Waals surface area contributed by atoms with Crippen molar-refractivity contribution in [1.29, 1.82) is 0 Å². The average Bonchev–Trinajstić information content (AvgIpc) is 1.60. The molecule has 31 heteroatoms. The van der Waals surface area contributed by atoms with Gasteiger partial charge in [-0.15, -0.1) is 0 Å². The number of halogens is 1. The number of carboxylic acid groups (broad SMARTS) is 1. The van der Waals surface area contributed by atoms with Gasteiger partial charge in [-0.25, -0.2) is 4.79 Å². The standard InChI is InChI=1S/C72H91ClN8O19S3/c1-10-98-49-25-22-24-48(39-49)55(41-64(83)84)77-70(88)78-65-66(47(4)44-80(69(65)87)45-51-54(73)26-23-27-58(51)99-11-2)100-37-21-13-12-19-35-74-67(85)60(103(95,96)97)43-76-68(86)59(102(92,93)94)42-75-63(82)30-18-15-20-36-81-57-34-32-50(101(89,90)91)40-53(57)72(7,8)62(81)29-17-14-16-28-61-71(5,6)52-38-46(3)31-33-56(52)79(61)9/h14,16-17,22-29,31-34,38-40,44,55,59-60H,10-13,15,18-21,30,35-37,41-43,45H2,1-9H3,(H8-,74,75,76,77,78,82,83,84,85,86,88,89,90,91,92,93,94,95,96,97)/p+1/t55-,59?,60?/m0/s1. The van der Waals surface area contributed by atoms with Crippen LogP contribution >= 0.6 is 11.6 Å². The molecule has 2 aliphatic rings. The van der Waals surface area contributed by atoms with E-state index in [1.807, 2.05) is 55.4 Å². The first-order valence-corrected chi connectivity index (χ1v) is 38.5. The highest BCUT2D eigenvalue weighted by Gasteiger charge is 2.44. The van der Waals surface area contributed by atoms with Gasteiger partial charge in [-0.3, -0.25) is 37.6 Å². The summed E-state index contributed by atoms with van der Waals surface area (Å²) < 4.78 is 125. The van der Waals surface area contributed by atoms with Crippen molar-refractivity contribution < 1.29 is 86.8 Å². The van der Waals surface area contributed by atoms with Gasteiger partial charge >= 0.3 is 12.0 Å². The van der Waals surface area contributed by atoms with E-state index in [-0.39, 0.29) is 60.7 Å². The normalized spacial score (nSPS) is 15.3. The number of hydrogen-bond donors (Lipinski definition) is 9. The van der Waals surface area contributed by atoms with Crippen molar-refractivity contribution >= 4 is 94.5 Å². The van der Waals surface area contributed by atoms with Crippen LogP contribution in [-0.2, 0) is 66.9 Å². The average molecular weight is 1510 g/mol. The molecule has 3 heterocycles. The highest BCUT2D eigenvalue weighted by atomic mass is 35.5. The van der Waals surface area contributed by atoms with E-state index in [4.69, 9.17) is 25.8 Å². The fourth-order valence-corrected chi connectivity index (χ4v) is 14.6. The zero-order valence-corrected chi connectivity index (χ0v) is 62.3. The number of aromatic nitrogens is 1. The summed E-state index contributed by atoms with van der Waals surface area (Å²) in [5.41, 5.74) is 6.30. The number of rotatable bonds is 37. The Morgan fingerprint density at radius 2 is 1.39 bits per heavy atom. The second-order valence-electron chi connectivity index (χ2n) is 26.1. The van der Waals surface area contributed by atoms with Gasteiger partial charge in [-0.2, -0.15) is 29.8 Å². The minimum atomic E-state index is -5.25. The quantitative estimate of drug-likeness (QED) is 0.00773. The number of carbonyl (C=O) groups excluding carboxylic acids is 4. The molecule has 2 aliphatic heterocycles. The number of benzene rings is 4. The number of nitrogens with one attached hydrogen (secondary N) is 5. The van der Waals surface area contributed by atoms with Crippen LogP contribution in [0.4, 0.5) is 21.9 Å². The van der Waals surface area contributed by atoms with Gasteiger partial charge in [0.15, 0.2) is 27.6 Å². The van der Waals surface area contributed by atoms with Gasteiger partial charge in [-0.05, 0) is 133 Å². The van der Waals surface area contributed by atoms with Crippen molar-refractivity contribution in [2.24, 2.45) is 0 Å². The number of hydrogen-bond acceptors (Lipinski definition) is 16. The van der Waals surface area contributed by atoms with E-state index in [0.717, 1.165) is 22.8 Å². The van der Waals surface area contributed by atoms with E-state index >= 15 is 0 Å². The molecule has 0 spiro atoms. The van der Waals surface area contributed by atoms with E-state index < -0.39 is 107 Å². The Balaban J connectivity index is 0.892. The van der Waals surface area contributed by atoms with Gasteiger partial charge in [0.25, 0.3) is 35.9 Å². The Morgan fingerprint density at radius 3 is 2.07 bits per heavy atom. The van der Waals surface area contributed by atoms with Crippen LogP contribution in [0.1, 0.15) is 139 Å². The number of pyridine rings is 1. The molecule has 5 aromatic rings. The number of nitrogens with zero attached hydrogens (tertiary/aromatic N) is 3. The van der Waals surface area contributed by atoms with Crippen LogP contribution in [0.25, 0.3) is 0 Å². The minimum Gasteiger partial charge on any atom is -0.494 e. The number of aliphatic carboxylic acids is 1. The monoisotopic (exact) mass is 1500 g/mol. The van der Waals surface area contributed by atoms with Gasteiger partial charge in [-0.1, -0.05) is 92.8 Å². The molecule has 0 aliphatic carbocycles. The van der Waals surface area contributed by atoms with Crippen molar-refractivity contribution in [3.8, 4) is 17.2 Å². The molecular formula is C72H92ClN8O19S3+. The van der Waals surface area contributed by atoms with Crippen molar-refractivity contribution in [2.45, 2.75) is 152 Å². The van der Waals surface area contributed by atoms with Crippen molar-refractivity contribution in [3.05, 3.63) is 170 Å². The van der Waals surface area contributed by atoms with Crippen LogP contribution in [0.3, 0.4) is 0 Å². The maximum Gasteiger partial charge on any atom is 0.319 e. The predicted molar refractivity (Wildman–Crippen MR) is 392 cm³/mol. The number of carboxylic acids is 1. The molecule has 5 amide bonds. The third-order valence-electron chi connectivity index (χ3n) is 17.8. The lowest BCUT2D eigenvalue weighted by Crippen LogP contribution is -2.52. The van der Waals surface area contributed by atoms with Crippen LogP contribution < -0.4 is 51.3 Å². The fraction of sp³-hybridized carbons (Fsp3) is 0.431. The molecule has 0 fully saturated rings. The zero-order valence-electron chi connectivity index (χ0n) is 59.1.